The lowest BCUT2D eigenvalue weighted by atomic mass is 10.0. The summed E-state index contributed by atoms with van der Waals surface area (Å²) < 4.78 is 5.85. The molecule has 1 saturated heterocycles. The Bertz CT molecular complexity index is 1150. The minimum absolute atomic E-state index is 0.0776. The maximum absolute atomic E-state index is 12.8. The Morgan fingerprint density at radius 3 is 2.61 bits per heavy atom. The number of hydrogen-bond acceptors (Lipinski definition) is 3. The van der Waals surface area contributed by atoms with Crippen molar-refractivity contribution >= 4 is 33.9 Å². The number of pyridine rings is 1. The van der Waals surface area contributed by atoms with E-state index in [9.17, 15) is 4.79 Å². The van der Waals surface area contributed by atoms with Gasteiger partial charge in [-0.15, -0.1) is 0 Å². The summed E-state index contributed by atoms with van der Waals surface area (Å²) in [5.41, 5.74) is 5.99. The number of rotatable bonds is 5. The topological polar surface area (TPSA) is 57.4 Å². The molecule has 31 heavy (non-hydrogen) atoms. The van der Waals surface area contributed by atoms with Crippen LogP contribution in [0.1, 0.15) is 35.1 Å². The number of anilines is 1. The van der Waals surface area contributed by atoms with Crippen LogP contribution in [0.15, 0.2) is 47.3 Å². The molecule has 0 bridgehead atoms. The zero-order chi connectivity index (χ0) is 22.0. The van der Waals surface area contributed by atoms with Gasteiger partial charge in [-0.05, 0) is 92.7 Å². The van der Waals surface area contributed by atoms with Gasteiger partial charge >= 0.3 is 0 Å². The highest BCUT2D eigenvalue weighted by Gasteiger charge is 2.22. The number of thiocarbonyl (C=S) groups is 1. The lowest BCUT2D eigenvalue weighted by molar-refractivity contribution is 0.0904. The van der Waals surface area contributed by atoms with Gasteiger partial charge in [0.25, 0.3) is 5.56 Å². The molecule has 4 rings (SSSR count). The van der Waals surface area contributed by atoms with Crippen LogP contribution in [0.25, 0.3) is 10.9 Å². The summed E-state index contributed by atoms with van der Waals surface area (Å²) in [4.78, 5) is 17.9. The van der Waals surface area contributed by atoms with Crippen molar-refractivity contribution in [1.82, 2.24) is 9.88 Å². The molecular formula is C25H29N3O2S. The molecule has 5 nitrogen and oxygen atoms in total. The number of nitrogens with zero attached hydrogens (tertiary/aromatic N) is 1. The maximum Gasteiger partial charge on any atom is 0.253 e. The molecule has 1 aromatic heterocycles. The zero-order valence-electron chi connectivity index (χ0n) is 18.3. The van der Waals surface area contributed by atoms with Crippen molar-refractivity contribution < 1.29 is 4.74 Å². The molecule has 0 aliphatic carbocycles. The van der Waals surface area contributed by atoms with Crippen LogP contribution in [0.5, 0.6) is 0 Å². The largest absolute Gasteiger partial charge is 0.376 e. The second kappa shape index (κ2) is 9.20. The van der Waals surface area contributed by atoms with Crippen LogP contribution < -0.4 is 10.9 Å². The third-order valence-electron chi connectivity index (χ3n) is 5.93. The number of aryl methyl sites for hydroxylation is 3. The number of hydrogen-bond donors (Lipinski definition) is 2. The molecule has 162 valence electrons. The van der Waals surface area contributed by atoms with Gasteiger partial charge in [-0.25, -0.2) is 0 Å². The summed E-state index contributed by atoms with van der Waals surface area (Å²) in [6.07, 6.45) is 2.20. The second-order valence-electron chi connectivity index (χ2n) is 8.46. The van der Waals surface area contributed by atoms with E-state index in [0.29, 0.717) is 23.8 Å². The predicted molar refractivity (Wildman–Crippen MR) is 131 cm³/mol. The lowest BCUT2D eigenvalue weighted by Crippen LogP contribution is -2.40. The Balaban J connectivity index is 1.61. The SMILES string of the molecule is Cc1ccc(NC(=S)N(Cc2cc3cc(C)c(C)cc3[nH]c2=O)CC2CCCO2)cc1. The molecule has 6 heteroatoms. The monoisotopic (exact) mass is 435 g/mol. The third-order valence-corrected chi connectivity index (χ3v) is 6.29. The van der Waals surface area contributed by atoms with Crippen molar-refractivity contribution in [2.75, 3.05) is 18.5 Å². The molecule has 1 unspecified atom stereocenters. The van der Waals surface area contributed by atoms with Crippen molar-refractivity contribution in [3.05, 3.63) is 75.1 Å². The van der Waals surface area contributed by atoms with E-state index in [1.165, 1.54) is 16.7 Å². The molecule has 0 spiro atoms. The molecule has 2 aromatic carbocycles. The normalized spacial score (nSPS) is 15.9. The highest BCUT2D eigenvalue weighted by atomic mass is 32.1. The predicted octanol–water partition coefficient (Wildman–Crippen LogP) is 4.83. The molecule has 2 heterocycles. The van der Waals surface area contributed by atoms with Gasteiger partial charge in [0.05, 0.1) is 12.6 Å². The average molecular weight is 436 g/mol. The number of ether oxygens (including phenoxy) is 1. The van der Waals surface area contributed by atoms with E-state index >= 15 is 0 Å². The van der Waals surface area contributed by atoms with Crippen LogP contribution in [0.4, 0.5) is 5.69 Å². The van der Waals surface area contributed by atoms with Crippen LogP contribution >= 0.6 is 12.2 Å². The minimum atomic E-state index is -0.0776. The number of benzene rings is 2. The highest BCUT2D eigenvalue weighted by molar-refractivity contribution is 7.80. The molecule has 0 amide bonds. The first-order chi connectivity index (χ1) is 14.9. The van der Waals surface area contributed by atoms with Gasteiger partial charge in [-0.1, -0.05) is 17.7 Å². The molecular weight excluding hydrogens is 406 g/mol. The van der Waals surface area contributed by atoms with Gasteiger partial charge in [0.1, 0.15) is 0 Å². The summed E-state index contributed by atoms with van der Waals surface area (Å²) in [6.45, 7) is 8.06. The Morgan fingerprint density at radius 2 is 1.90 bits per heavy atom. The summed E-state index contributed by atoms with van der Waals surface area (Å²) in [5.74, 6) is 0. The molecule has 1 fully saturated rings. The molecule has 2 N–H and O–H groups in total. The first-order valence-corrected chi connectivity index (χ1v) is 11.2. The Labute approximate surface area is 188 Å². The van der Waals surface area contributed by atoms with Gasteiger partial charge in [0.15, 0.2) is 5.11 Å². The van der Waals surface area contributed by atoms with Crippen LogP contribution in [-0.2, 0) is 11.3 Å². The second-order valence-corrected chi connectivity index (χ2v) is 8.85. The fourth-order valence-corrected chi connectivity index (χ4v) is 4.19. The van der Waals surface area contributed by atoms with Crippen molar-refractivity contribution in [2.24, 2.45) is 0 Å². The third kappa shape index (κ3) is 5.14. The molecule has 0 saturated carbocycles. The van der Waals surface area contributed by atoms with Gasteiger partial charge in [0, 0.05) is 29.9 Å². The standard InChI is InChI=1S/C25H29N3O2S/c1-16-6-8-21(9-7-16)26-25(31)28(15-22-5-4-10-30-22)14-20-13-19-11-17(2)18(3)12-23(19)27-24(20)29/h6-9,11-13,22H,4-5,10,14-15H2,1-3H3,(H,26,31)(H,27,29). The molecule has 1 atom stereocenters. The Hall–Kier alpha value is -2.70. The van der Waals surface area contributed by atoms with Crippen molar-refractivity contribution in [3.63, 3.8) is 0 Å². The van der Waals surface area contributed by atoms with Crippen LogP contribution in [0.3, 0.4) is 0 Å². The van der Waals surface area contributed by atoms with Gasteiger partial charge < -0.3 is 19.9 Å². The van der Waals surface area contributed by atoms with Crippen molar-refractivity contribution in [2.45, 2.75) is 46.3 Å². The maximum atomic E-state index is 12.8. The number of nitrogens with one attached hydrogen (secondary N) is 2. The molecule has 3 aromatic rings. The Kier molecular flexibility index (Phi) is 6.39. The van der Waals surface area contributed by atoms with Crippen LogP contribution in [0, 0.1) is 20.8 Å². The van der Waals surface area contributed by atoms with Crippen LogP contribution in [-0.4, -0.2) is 34.3 Å². The van der Waals surface area contributed by atoms with E-state index in [-0.39, 0.29) is 11.7 Å². The summed E-state index contributed by atoms with van der Waals surface area (Å²) in [7, 11) is 0. The summed E-state index contributed by atoms with van der Waals surface area (Å²) in [6, 6.07) is 14.3. The zero-order valence-corrected chi connectivity index (χ0v) is 19.1. The van der Waals surface area contributed by atoms with Crippen molar-refractivity contribution in [3.8, 4) is 0 Å². The van der Waals surface area contributed by atoms with E-state index in [4.69, 9.17) is 17.0 Å². The minimum Gasteiger partial charge on any atom is -0.376 e. The highest BCUT2D eigenvalue weighted by Crippen LogP contribution is 2.20. The van der Waals surface area contributed by atoms with E-state index in [0.717, 1.165) is 36.0 Å². The quantitative estimate of drug-likeness (QED) is 0.562. The number of aromatic nitrogens is 1. The lowest BCUT2D eigenvalue weighted by Gasteiger charge is -2.28. The number of aromatic amines is 1. The molecule has 1 aliphatic heterocycles. The Morgan fingerprint density at radius 1 is 1.16 bits per heavy atom. The van der Waals surface area contributed by atoms with Gasteiger partial charge in [-0.2, -0.15) is 0 Å². The van der Waals surface area contributed by atoms with E-state index in [1.54, 1.807) is 0 Å². The fourth-order valence-electron chi connectivity index (χ4n) is 3.94. The number of H-pyrrole nitrogens is 1. The summed E-state index contributed by atoms with van der Waals surface area (Å²) in [5, 5.41) is 4.96. The average Bonchev–Trinajstić information content (AvgIpc) is 3.24. The van der Waals surface area contributed by atoms with E-state index in [1.807, 2.05) is 41.3 Å². The van der Waals surface area contributed by atoms with E-state index in [2.05, 4.69) is 37.1 Å². The summed E-state index contributed by atoms with van der Waals surface area (Å²) >= 11 is 5.75. The molecule has 0 radical (unpaired) electrons. The fraction of sp³-hybridized carbons (Fsp3) is 0.360. The first kappa shape index (κ1) is 21.5. The van der Waals surface area contributed by atoms with Gasteiger partial charge in [-0.3, -0.25) is 4.79 Å². The molecule has 1 aliphatic rings. The number of fused-ring (bicyclic) bond motifs is 1. The van der Waals surface area contributed by atoms with Gasteiger partial charge in [0.2, 0.25) is 0 Å². The van der Waals surface area contributed by atoms with E-state index < -0.39 is 0 Å². The van der Waals surface area contributed by atoms with Crippen LogP contribution in [0.2, 0.25) is 0 Å². The first-order valence-electron chi connectivity index (χ1n) is 10.8. The smallest absolute Gasteiger partial charge is 0.253 e. The van der Waals surface area contributed by atoms with Crippen molar-refractivity contribution in [1.29, 1.82) is 0 Å².